The van der Waals surface area contributed by atoms with Crippen molar-refractivity contribution in [2.75, 3.05) is 13.9 Å². The number of benzene rings is 3. The summed E-state index contributed by atoms with van der Waals surface area (Å²) < 4.78 is 24.6. The van der Waals surface area contributed by atoms with Crippen molar-refractivity contribution in [3.63, 3.8) is 0 Å². The molecule has 3 aromatic carbocycles. The summed E-state index contributed by atoms with van der Waals surface area (Å²) >= 11 is 9.78. The summed E-state index contributed by atoms with van der Waals surface area (Å²) in [5.74, 6) is 2.72. The number of ether oxygens (including phenoxy) is 4. The second kappa shape index (κ2) is 10.4. The summed E-state index contributed by atoms with van der Waals surface area (Å²) in [6.07, 6.45) is 1.53. The van der Waals surface area contributed by atoms with Gasteiger partial charge >= 0.3 is 0 Å². The molecule has 0 radical (unpaired) electrons. The highest BCUT2D eigenvalue weighted by Crippen LogP contribution is 2.36. The molecule has 4 aromatic rings. The highest BCUT2D eigenvalue weighted by atomic mass is 79.9. The molecular weight excluding hydrogens is 562 g/mol. The van der Waals surface area contributed by atoms with Gasteiger partial charge in [-0.05, 0) is 42.0 Å². The number of fused-ring (bicyclic) bond motifs is 2. The lowest BCUT2D eigenvalue weighted by molar-refractivity contribution is 0.174. The van der Waals surface area contributed by atoms with Gasteiger partial charge in [-0.1, -0.05) is 47.4 Å². The molecule has 5 rings (SSSR count). The van der Waals surface area contributed by atoms with Crippen molar-refractivity contribution >= 4 is 44.6 Å². The molecule has 0 aliphatic carbocycles. The molecule has 8 nitrogen and oxygen atoms in total. The van der Waals surface area contributed by atoms with Crippen LogP contribution in [0.25, 0.3) is 10.9 Å². The van der Waals surface area contributed by atoms with E-state index in [1.807, 2.05) is 44.2 Å². The number of nitrogens with zero attached hydrogens (tertiary/aromatic N) is 3. The average molecular weight is 585 g/mol. The summed E-state index contributed by atoms with van der Waals surface area (Å²) in [6.45, 7) is 4.35. The minimum Gasteiger partial charge on any atom is -0.493 e. The van der Waals surface area contributed by atoms with E-state index in [0.29, 0.717) is 50.3 Å². The van der Waals surface area contributed by atoms with Crippen molar-refractivity contribution < 1.29 is 18.9 Å². The van der Waals surface area contributed by atoms with E-state index in [-0.39, 0.29) is 24.9 Å². The van der Waals surface area contributed by atoms with E-state index in [2.05, 4.69) is 21.0 Å². The van der Waals surface area contributed by atoms with Crippen LogP contribution in [0.1, 0.15) is 36.7 Å². The molecule has 0 unspecified atom stereocenters. The van der Waals surface area contributed by atoms with Crippen LogP contribution in [0.15, 0.2) is 62.9 Å². The fraction of sp³-hybridized carbons (Fsp3) is 0.222. The predicted octanol–water partition coefficient (Wildman–Crippen LogP) is 6.13. The molecule has 10 heteroatoms. The summed E-state index contributed by atoms with van der Waals surface area (Å²) in [5, 5.41) is 5.42. The highest BCUT2D eigenvalue weighted by molar-refractivity contribution is 9.10. The fourth-order valence-electron chi connectivity index (χ4n) is 3.95. The van der Waals surface area contributed by atoms with E-state index >= 15 is 0 Å². The van der Waals surface area contributed by atoms with Crippen molar-refractivity contribution in [2.45, 2.75) is 26.4 Å². The maximum Gasteiger partial charge on any atom is 0.282 e. The molecule has 1 aliphatic heterocycles. The van der Waals surface area contributed by atoms with Crippen molar-refractivity contribution in [3.8, 4) is 23.0 Å². The smallest absolute Gasteiger partial charge is 0.282 e. The molecule has 0 atom stereocenters. The first-order chi connectivity index (χ1) is 17.8. The van der Waals surface area contributed by atoms with Crippen LogP contribution in [-0.2, 0) is 6.61 Å². The molecular formula is C27H23BrClN3O5. The van der Waals surface area contributed by atoms with Crippen LogP contribution in [0.2, 0.25) is 5.02 Å². The molecule has 2 heterocycles. The summed E-state index contributed by atoms with van der Waals surface area (Å²) in [5.41, 5.74) is 1.76. The van der Waals surface area contributed by atoms with Gasteiger partial charge in [0, 0.05) is 27.0 Å². The van der Waals surface area contributed by atoms with Crippen molar-refractivity contribution in [3.05, 3.63) is 85.3 Å². The normalized spacial score (nSPS) is 12.6. The molecule has 0 bridgehead atoms. The molecule has 0 saturated carbocycles. The zero-order valence-corrected chi connectivity index (χ0v) is 22.7. The first-order valence-corrected chi connectivity index (χ1v) is 12.7. The molecule has 0 amide bonds. The Morgan fingerprint density at radius 1 is 1.16 bits per heavy atom. The van der Waals surface area contributed by atoms with Gasteiger partial charge in [-0.2, -0.15) is 9.78 Å². The zero-order chi connectivity index (χ0) is 26.1. The molecule has 0 spiro atoms. The third-order valence-corrected chi connectivity index (χ3v) is 6.46. The third kappa shape index (κ3) is 5.14. The fourth-order valence-corrected chi connectivity index (χ4v) is 4.53. The standard InChI is InChI=1S/C27H23BrClN3O5/c1-15(2)26-31-21-6-5-18(28)10-20(21)27(33)32(26)30-12-17-9-19(29)11-24(34-3)25(17)35-13-16-4-7-22-23(8-16)37-14-36-22/h4-12,15H,13-14H2,1-3H3. The Labute approximate surface area is 226 Å². The summed E-state index contributed by atoms with van der Waals surface area (Å²) in [6, 6.07) is 14.4. The SMILES string of the molecule is COc1cc(Cl)cc(C=Nn2c(C(C)C)nc3ccc(Br)cc3c2=O)c1OCc1ccc2c(c1)OCO2. The maximum atomic E-state index is 13.4. The van der Waals surface area contributed by atoms with E-state index in [4.69, 9.17) is 35.5 Å². The van der Waals surface area contributed by atoms with Crippen LogP contribution in [0.3, 0.4) is 0 Å². The van der Waals surface area contributed by atoms with Gasteiger partial charge < -0.3 is 18.9 Å². The zero-order valence-electron chi connectivity index (χ0n) is 20.3. The molecule has 0 fully saturated rings. The van der Waals surface area contributed by atoms with Crippen molar-refractivity contribution in [1.82, 2.24) is 9.66 Å². The van der Waals surface area contributed by atoms with E-state index in [1.54, 1.807) is 18.2 Å². The van der Waals surface area contributed by atoms with Gasteiger partial charge in [0.25, 0.3) is 5.56 Å². The number of aromatic nitrogens is 2. The molecule has 1 aliphatic rings. The quantitative estimate of drug-likeness (QED) is 0.243. The van der Waals surface area contributed by atoms with Gasteiger partial charge in [-0.15, -0.1) is 0 Å². The molecule has 190 valence electrons. The molecule has 1 aromatic heterocycles. The number of methoxy groups -OCH3 is 1. The average Bonchev–Trinajstić information content (AvgIpc) is 3.35. The van der Waals surface area contributed by atoms with Gasteiger partial charge in [-0.3, -0.25) is 4.79 Å². The minimum atomic E-state index is -0.275. The van der Waals surface area contributed by atoms with Crippen LogP contribution in [0.4, 0.5) is 0 Å². The van der Waals surface area contributed by atoms with Crippen LogP contribution in [0.5, 0.6) is 23.0 Å². The lowest BCUT2D eigenvalue weighted by Gasteiger charge is -2.15. The Balaban J connectivity index is 1.54. The number of halogens is 2. The van der Waals surface area contributed by atoms with Crippen LogP contribution in [-0.4, -0.2) is 29.8 Å². The van der Waals surface area contributed by atoms with Gasteiger partial charge in [0.2, 0.25) is 6.79 Å². The maximum absolute atomic E-state index is 13.4. The van der Waals surface area contributed by atoms with E-state index in [9.17, 15) is 4.79 Å². The Kier molecular flexibility index (Phi) is 7.08. The van der Waals surface area contributed by atoms with E-state index < -0.39 is 0 Å². The third-order valence-electron chi connectivity index (χ3n) is 5.75. The number of hydrogen-bond donors (Lipinski definition) is 0. The van der Waals surface area contributed by atoms with E-state index in [0.717, 1.165) is 10.0 Å². The molecule has 0 saturated heterocycles. The van der Waals surface area contributed by atoms with Crippen LogP contribution in [0, 0.1) is 0 Å². The first kappa shape index (κ1) is 25.1. The Hall–Kier alpha value is -3.56. The van der Waals surface area contributed by atoms with Gasteiger partial charge in [0.1, 0.15) is 12.4 Å². The minimum absolute atomic E-state index is 0.0477. The predicted molar refractivity (Wildman–Crippen MR) is 146 cm³/mol. The topological polar surface area (TPSA) is 84.2 Å². The van der Waals surface area contributed by atoms with Crippen molar-refractivity contribution in [2.24, 2.45) is 5.10 Å². The largest absolute Gasteiger partial charge is 0.493 e. The second-order valence-corrected chi connectivity index (χ2v) is 10.0. The van der Waals surface area contributed by atoms with Crippen molar-refractivity contribution in [1.29, 1.82) is 0 Å². The first-order valence-electron chi connectivity index (χ1n) is 11.5. The lowest BCUT2D eigenvalue weighted by Crippen LogP contribution is -2.23. The van der Waals surface area contributed by atoms with Crippen LogP contribution >= 0.6 is 27.5 Å². The van der Waals surface area contributed by atoms with Gasteiger partial charge in [0.05, 0.1) is 24.2 Å². The molecule has 0 N–H and O–H groups in total. The Morgan fingerprint density at radius 2 is 1.97 bits per heavy atom. The second-order valence-electron chi connectivity index (χ2n) is 8.65. The van der Waals surface area contributed by atoms with Gasteiger partial charge in [-0.25, -0.2) is 4.98 Å². The lowest BCUT2D eigenvalue weighted by atomic mass is 10.1. The molecule has 37 heavy (non-hydrogen) atoms. The highest BCUT2D eigenvalue weighted by Gasteiger charge is 2.17. The van der Waals surface area contributed by atoms with Crippen LogP contribution < -0.4 is 24.5 Å². The summed E-state index contributed by atoms with van der Waals surface area (Å²) in [4.78, 5) is 18.1. The Bertz CT molecular complexity index is 1590. The monoisotopic (exact) mass is 583 g/mol. The van der Waals surface area contributed by atoms with Gasteiger partial charge in [0.15, 0.2) is 23.0 Å². The Morgan fingerprint density at radius 3 is 2.76 bits per heavy atom. The van der Waals surface area contributed by atoms with E-state index in [1.165, 1.54) is 18.0 Å². The number of hydrogen-bond acceptors (Lipinski definition) is 7. The summed E-state index contributed by atoms with van der Waals surface area (Å²) in [7, 11) is 1.53. The number of rotatable bonds is 7.